The molecule has 2 aromatic carbocycles. The predicted octanol–water partition coefficient (Wildman–Crippen LogP) is 7.54. The zero-order valence-electron chi connectivity index (χ0n) is 19.7. The van der Waals surface area contributed by atoms with Gasteiger partial charge in [0.25, 0.3) is 0 Å². The molecule has 3 nitrogen and oxygen atoms in total. The van der Waals surface area contributed by atoms with Crippen LogP contribution in [-0.4, -0.2) is 15.5 Å². The number of carbonyl (C=O) groups is 1. The van der Waals surface area contributed by atoms with Gasteiger partial charge in [0.05, 0.1) is 11.1 Å². The minimum absolute atomic E-state index is 0.233. The molecule has 4 bridgehead atoms. The SMILES string of the molecule is Cc1ccc2c(-c3ccccc3)c(-c3ccccc3)n(C(=O)C34CC5CC(CC(C5)C3)C4)c2n1. The molecule has 0 N–H and O–H groups in total. The van der Waals surface area contributed by atoms with Crippen LogP contribution in [0.15, 0.2) is 72.8 Å². The third-order valence-corrected chi connectivity index (χ3v) is 8.76. The molecule has 0 atom stereocenters. The van der Waals surface area contributed by atoms with Crippen LogP contribution >= 0.6 is 0 Å². The average Bonchev–Trinajstić information content (AvgIpc) is 3.18. The topological polar surface area (TPSA) is 34.9 Å². The lowest BCUT2D eigenvalue weighted by Crippen LogP contribution is -2.51. The largest absolute Gasteiger partial charge is 0.273 e. The van der Waals surface area contributed by atoms with Gasteiger partial charge >= 0.3 is 0 Å². The van der Waals surface area contributed by atoms with Crippen LogP contribution in [0.2, 0.25) is 0 Å². The van der Waals surface area contributed by atoms with Crippen LogP contribution in [0.4, 0.5) is 0 Å². The molecule has 4 fully saturated rings. The highest BCUT2D eigenvalue weighted by atomic mass is 16.2. The van der Waals surface area contributed by atoms with Crippen molar-refractivity contribution in [2.24, 2.45) is 23.2 Å². The van der Waals surface area contributed by atoms with E-state index in [1.807, 2.05) is 23.6 Å². The summed E-state index contributed by atoms with van der Waals surface area (Å²) in [5.74, 6) is 2.46. The third-order valence-electron chi connectivity index (χ3n) is 8.76. The molecule has 2 heterocycles. The molecule has 4 aromatic rings. The molecule has 2 aromatic heterocycles. The van der Waals surface area contributed by atoms with Crippen molar-refractivity contribution >= 4 is 16.9 Å². The molecule has 4 aliphatic carbocycles. The van der Waals surface area contributed by atoms with Crippen molar-refractivity contribution in [3.05, 3.63) is 78.5 Å². The van der Waals surface area contributed by atoms with Crippen LogP contribution in [0.25, 0.3) is 33.4 Å². The van der Waals surface area contributed by atoms with Crippen LogP contribution in [0, 0.1) is 30.1 Å². The van der Waals surface area contributed by atoms with E-state index in [0.717, 1.165) is 76.1 Å². The summed E-state index contributed by atoms with van der Waals surface area (Å²) in [5, 5.41) is 1.06. The minimum atomic E-state index is -0.233. The monoisotopic (exact) mass is 446 g/mol. The Bertz CT molecular complexity index is 1360. The summed E-state index contributed by atoms with van der Waals surface area (Å²) in [7, 11) is 0. The first-order valence-corrected chi connectivity index (χ1v) is 12.8. The van der Waals surface area contributed by atoms with E-state index in [9.17, 15) is 4.79 Å². The normalized spacial score (nSPS) is 27.4. The Kier molecular flexibility index (Phi) is 4.39. The van der Waals surface area contributed by atoms with E-state index in [4.69, 9.17) is 4.98 Å². The Morgan fingerprint density at radius 2 is 1.35 bits per heavy atom. The fourth-order valence-corrected chi connectivity index (χ4v) is 7.83. The number of hydrogen-bond acceptors (Lipinski definition) is 2. The highest BCUT2D eigenvalue weighted by molar-refractivity contribution is 6.09. The van der Waals surface area contributed by atoms with E-state index < -0.39 is 0 Å². The maximum absolute atomic E-state index is 14.8. The van der Waals surface area contributed by atoms with Gasteiger partial charge in [-0.2, -0.15) is 0 Å². The molecule has 0 spiro atoms. The second-order valence-electron chi connectivity index (χ2n) is 11.1. The summed E-state index contributed by atoms with van der Waals surface area (Å²) in [6, 6.07) is 25.2. The van der Waals surface area contributed by atoms with Crippen LogP contribution in [0.5, 0.6) is 0 Å². The van der Waals surface area contributed by atoms with Crippen LogP contribution in [0.1, 0.15) is 49.0 Å². The highest BCUT2D eigenvalue weighted by Crippen LogP contribution is 2.61. The Balaban J connectivity index is 1.53. The summed E-state index contributed by atoms with van der Waals surface area (Å²) in [4.78, 5) is 19.8. The molecule has 0 saturated heterocycles. The van der Waals surface area contributed by atoms with Crippen molar-refractivity contribution in [2.45, 2.75) is 45.4 Å². The first-order chi connectivity index (χ1) is 16.6. The molecular formula is C31H30N2O. The number of carbonyl (C=O) groups excluding carboxylic acids is 1. The average molecular weight is 447 g/mol. The lowest BCUT2D eigenvalue weighted by Gasteiger charge is -2.55. The maximum atomic E-state index is 14.8. The predicted molar refractivity (Wildman–Crippen MR) is 137 cm³/mol. The highest BCUT2D eigenvalue weighted by Gasteiger charge is 2.55. The summed E-state index contributed by atoms with van der Waals surface area (Å²) in [6.45, 7) is 2.02. The summed E-state index contributed by atoms with van der Waals surface area (Å²) in [5.41, 5.74) is 5.86. The van der Waals surface area contributed by atoms with Gasteiger partial charge in [-0.3, -0.25) is 9.36 Å². The van der Waals surface area contributed by atoms with Crippen molar-refractivity contribution < 1.29 is 4.79 Å². The van der Waals surface area contributed by atoms with Crippen LogP contribution in [-0.2, 0) is 0 Å². The Morgan fingerprint density at radius 1 is 0.794 bits per heavy atom. The first kappa shape index (κ1) is 20.2. The molecular weight excluding hydrogens is 416 g/mol. The molecule has 34 heavy (non-hydrogen) atoms. The zero-order valence-corrected chi connectivity index (χ0v) is 19.7. The molecule has 170 valence electrons. The van der Waals surface area contributed by atoms with Crippen molar-refractivity contribution in [3.8, 4) is 22.4 Å². The smallest absolute Gasteiger partial charge is 0.239 e. The Morgan fingerprint density at radius 3 is 1.94 bits per heavy atom. The second-order valence-corrected chi connectivity index (χ2v) is 11.1. The molecule has 0 unspecified atom stereocenters. The van der Waals surface area contributed by atoms with Crippen LogP contribution < -0.4 is 0 Å². The molecule has 8 rings (SSSR count). The first-order valence-electron chi connectivity index (χ1n) is 12.8. The van der Waals surface area contributed by atoms with Gasteiger partial charge in [0, 0.05) is 16.6 Å². The molecule has 3 heteroatoms. The standard InChI is InChI=1S/C31H30N2O/c1-20-12-13-26-27(24-8-4-2-5-9-24)28(25-10-6-3-7-11-25)33(29(26)32-20)30(34)31-17-21-14-22(18-31)16-23(15-21)19-31/h2-13,21-23H,14-19H2,1H3. The van der Waals surface area contributed by atoms with E-state index in [-0.39, 0.29) is 11.3 Å². The Hall–Kier alpha value is -3.20. The zero-order chi connectivity index (χ0) is 22.9. The van der Waals surface area contributed by atoms with Gasteiger partial charge in [-0.1, -0.05) is 60.7 Å². The molecule has 0 radical (unpaired) electrons. The van der Waals surface area contributed by atoms with Crippen molar-refractivity contribution in [2.75, 3.05) is 0 Å². The number of hydrogen-bond donors (Lipinski definition) is 0. The maximum Gasteiger partial charge on any atom is 0.239 e. The van der Waals surface area contributed by atoms with E-state index in [1.54, 1.807) is 0 Å². The number of fused-ring (bicyclic) bond motifs is 1. The van der Waals surface area contributed by atoms with Gasteiger partial charge in [0.1, 0.15) is 5.65 Å². The van der Waals surface area contributed by atoms with Gasteiger partial charge in [0.15, 0.2) is 0 Å². The van der Waals surface area contributed by atoms with Crippen molar-refractivity contribution in [1.29, 1.82) is 0 Å². The van der Waals surface area contributed by atoms with E-state index in [1.165, 1.54) is 19.3 Å². The molecule has 4 aliphatic rings. The third kappa shape index (κ3) is 2.95. The fraction of sp³-hybridized carbons (Fsp3) is 0.355. The fourth-order valence-electron chi connectivity index (χ4n) is 7.83. The number of rotatable bonds is 3. The van der Waals surface area contributed by atoms with Gasteiger partial charge in [0.2, 0.25) is 5.91 Å². The number of benzene rings is 2. The van der Waals surface area contributed by atoms with Crippen LogP contribution in [0.3, 0.4) is 0 Å². The van der Waals surface area contributed by atoms with Gasteiger partial charge in [-0.15, -0.1) is 0 Å². The summed E-state index contributed by atoms with van der Waals surface area (Å²) in [6.07, 6.45) is 7.15. The quantitative estimate of drug-likeness (QED) is 0.326. The van der Waals surface area contributed by atoms with E-state index in [0.29, 0.717) is 0 Å². The van der Waals surface area contributed by atoms with E-state index in [2.05, 4.69) is 60.7 Å². The summed E-state index contributed by atoms with van der Waals surface area (Å²) < 4.78 is 2.03. The lowest BCUT2D eigenvalue weighted by molar-refractivity contribution is -0.0397. The van der Waals surface area contributed by atoms with Gasteiger partial charge in [-0.25, -0.2) is 4.98 Å². The van der Waals surface area contributed by atoms with Gasteiger partial charge in [-0.05, 0) is 86.5 Å². The number of nitrogens with zero attached hydrogens (tertiary/aromatic N) is 2. The molecule has 0 aliphatic heterocycles. The van der Waals surface area contributed by atoms with E-state index >= 15 is 0 Å². The van der Waals surface area contributed by atoms with Crippen molar-refractivity contribution in [3.63, 3.8) is 0 Å². The Labute approximate surface area is 200 Å². The van der Waals surface area contributed by atoms with Gasteiger partial charge < -0.3 is 0 Å². The second kappa shape index (κ2) is 7.40. The summed E-state index contributed by atoms with van der Waals surface area (Å²) >= 11 is 0. The lowest BCUT2D eigenvalue weighted by atomic mass is 9.49. The molecule has 0 amide bonds. The number of aromatic nitrogens is 2. The number of pyridine rings is 1. The number of aryl methyl sites for hydroxylation is 1. The minimum Gasteiger partial charge on any atom is -0.273 e. The molecule has 4 saturated carbocycles. The van der Waals surface area contributed by atoms with Crippen molar-refractivity contribution in [1.82, 2.24) is 9.55 Å².